The number of amides is 3. The van der Waals surface area contributed by atoms with Gasteiger partial charge in [0.05, 0.1) is 12.6 Å². The predicted molar refractivity (Wildman–Crippen MR) is 55.2 cm³/mol. The molecule has 0 aliphatic rings. The summed E-state index contributed by atoms with van der Waals surface area (Å²) in [4.78, 5) is 31.9. The molecule has 0 aliphatic heterocycles. The summed E-state index contributed by atoms with van der Waals surface area (Å²) in [5.74, 6) is -1.36. The number of nitrogens with two attached hydrogens (primary N) is 1. The van der Waals surface area contributed by atoms with Gasteiger partial charge in [0.15, 0.2) is 6.04 Å². The number of ether oxygens (including phenoxy) is 1. The Balaban J connectivity index is 3.91. The number of hydrogen-bond donors (Lipinski definition) is 5. The summed E-state index contributed by atoms with van der Waals surface area (Å²) in [6.45, 7) is 1.07. The second-order valence-corrected chi connectivity index (χ2v) is 3.12. The highest BCUT2D eigenvalue weighted by Gasteiger charge is 2.24. The number of aliphatic hydroxyl groups excluding tert-OH is 1. The summed E-state index contributed by atoms with van der Waals surface area (Å²) in [6, 6.07) is -2.21. The number of aliphatic carboxylic acids is 1. The Morgan fingerprint density at radius 3 is 2.41 bits per heavy atom. The van der Waals surface area contributed by atoms with Crippen molar-refractivity contribution in [3.8, 4) is 0 Å². The fourth-order valence-corrected chi connectivity index (χ4v) is 0.897. The van der Waals surface area contributed by atoms with Crippen LogP contribution >= 0.6 is 0 Å². The molecular formula is C8H15N3O6. The lowest BCUT2D eigenvalue weighted by molar-refractivity contribution is -0.141. The maximum absolute atomic E-state index is 11.1. The summed E-state index contributed by atoms with van der Waals surface area (Å²) in [7, 11) is 0. The van der Waals surface area contributed by atoms with Crippen LogP contribution in [0.5, 0.6) is 0 Å². The second kappa shape index (κ2) is 7.28. The third-order valence-corrected chi connectivity index (χ3v) is 1.67. The lowest BCUT2D eigenvalue weighted by Gasteiger charge is -2.17. The van der Waals surface area contributed by atoms with Crippen LogP contribution in [0.2, 0.25) is 0 Å². The van der Waals surface area contributed by atoms with Gasteiger partial charge in [0.1, 0.15) is 6.61 Å². The SMILES string of the molecule is C[C@@H](O)[C@H](NC(=O)NCCOC(N)=O)C(=O)O. The number of carbonyl (C=O) groups is 3. The zero-order valence-corrected chi connectivity index (χ0v) is 9.17. The van der Waals surface area contributed by atoms with Crippen LogP contribution < -0.4 is 16.4 Å². The number of nitrogens with one attached hydrogen (secondary N) is 2. The Labute approximate surface area is 96.9 Å². The number of carboxylic acid groups (broad SMARTS) is 1. The normalized spacial score (nSPS) is 13.3. The van der Waals surface area contributed by atoms with Crippen molar-refractivity contribution in [1.82, 2.24) is 10.6 Å². The quantitative estimate of drug-likeness (QED) is 0.351. The predicted octanol–water partition coefficient (Wildman–Crippen LogP) is -1.79. The van der Waals surface area contributed by atoms with E-state index in [2.05, 4.69) is 15.8 Å². The molecule has 0 radical (unpaired) electrons. The Kier molecular flexibility index (Phi) is 6.41. The molecule has 98 valence electrons. The number of aliphatic hydroxyl groups is 1. The van der Waals surface area contributed by atoms with Gasteiger partial charge in [-0.25, -0.2) is 14.4 Å². The van der Waals surface area contributed by atoms with Gasteiger partial charge >= 0.3 is 18.1 Å². The van der Waals surface area contributed by atoms with Crippen molar-refractivity contribution in [2.24, 2.45) is 5.73 Å². The van der Waals surface area contributed by atoms with Gasteiger partial charge in [-0.2, -0.15) is 0 Å². The van der Waals surface area contributed by atoms with E-state index in [1.165, 1.54) is 6.92 Å². The van der Waals surface area contributed by atoms with Crippen LogP contribution in [-0.2, 0) is 9.53 Å². The number of hydrogen-bond acceptors (Lipinski definition) is 5. The molecule has 9 heteroatoms. The van der Waals surface area contributed by atoms with Crippen LogP contribution in [0, 0.1) is 0 Å². The summed E-state index contributed by atoms with van der Waals surface area (Å²) < 4.78 is 4.32. The number of urea groups is 1. The number of rotatable bonds is 6. The average molecular weight is 249 g/mol. The molecule has 0 aliphatic carbocycles. The standard InChI is InChI=1S/C8H15N3O6/c1-4(12)5(6(13)14)11-8(16)10-2-3-17-7(9)15/h4-5,12H,2-3H2,1H3,(H2,9,15)(H,13,14)(H2,10,11,16)/t4-,5+/m1/s1. The lowest BCUT2D eigenvalue weighted by Crippen LogP contribution is -2.51. The molecule has 0 aromatic rings. The molecular weight excluding hydrogens is 234 g/mol. The minimum Gasteiger partial charge on any atom is -0.480 e. The highest BCUT2D eigenvalue weighted by Crippen LogP contribution is 1.92. The van der Waals surface area contributed by atoms with Crippen LogP contribution in [0.3, 0.4) is 0 Å². The van der Waals surface area contributed by atoms with Crippen LogP contribution in [0.15, 0.2) is 0 Å². The third-order valence-electron chi connectivity index (χ3n) is 1.67. The Hall–Kier alpha value is -2.03. The van der Waals surface area contributed by atoms with E-state index in [0.29, 0.717) is 0 Å². The first-order valence-electron chi connectivity index (χ1n) is 4.72. The van der Waals surface area contributed by atoms with Crippen molar-refractivity contribution in [2.75, 3.05) is 13.2 Å². The largest absolute Gasteiger partial charge is 0.480 e. The summed E-state index contributed by atoms with van der Waals surface area (Å²) in [5.41, 5.74) is 4.67. The summed E-state index contributed by atoms with van der Waals surface area (Å²) >= 11 is 0. The second-order valence-electron chi connectivity index (χ2n) is 3.12. The van der Waals surface area contributed by atoms with Gasteiger partial charge in [-0.3, -0.25) is 0 Å². The number of carboxylic acids is 1. The highest BCUT2D eigenvalue weighted by molar-refractivity contribution is 5.82. The monoisotopic (exact) mass is 249 g/mol. The number of carbonyl (C=O) groups excluding carboxylic acids is 2. The molecule has 0 aromatic heterocycles. The molecule has 2 atom stereocenters. The van der Waals surface area contributed by atoms with Crippen molar-refractivity contribution in [3.63, 3.8) is 0 Å². The Morgan fingerprint density at radius 1 is 1.41 bits per heavy atom. The molecule has 9 nitrogen and oxygen atoms in total. The minimum absolute atomic E-state index is 0.0269. The minimum atomic E-state index is -1.41. The number of primary amides is 1. The van der Waals surface area contributed by atoms with E-state index in [-0.39, 0.29) is 13.2 Å². The van der Waals surface area contributed by atoms with Crippen LogP contribution in [0.25, 0.3) is 0 Å². The van der Waals surface area contributed by atoms with Crippen molar-refractivity contribution >= 4 is 18.1 Å². The molecule has 0 rings (SSSR count). The fourth-order valence-electron chi connectivity index (χ4n) is 0.897. The van der Waals surface area contributed by atoms with E-state index in [4.69, 9.17) is 10.2 Å². The van der Waals surface area contributed by atoms with E-state index < -0.39 is 30.2 Å². The van der Waals surface area contributed by atoms with Crippen LogP contribution in [0.4, 0.5) is 9.59 Å². The van der Waals surface area contributed by atoms with Gasteiger partial charge in [-0.15, -0.1) is 0 Å². The fraction of sp³-hybridized carbons (Fsp3) is 0.625. The summed E-state index contributed by atoms with van der Waals surface area (Å²) in [5, 5.41) is 22.0. The highest BCUT2D eigenvalue weighted by atomic mass is 16.5. The topological polar surface area (TPSA) is 151 Å². The molecule has 0 unspecified atom stereocenters. The lowest BCUT2D eigenvalue weighted by atomic mass is 10.2. The molecule has 0 aromatic carbocycles. The Morgan fingerprint density at radius 2 is 2.00 bits per heavy atom. The van der Waals surface area contributed by atoms with Crippen LogP contribution in [-0.4, -0.2) is 53.6 Å². The average Bonchev–Trinajstić information content (AvgIpc) is 2.19. The van der Waals surface area contributed by atoms with Gasteiger partial charge in [0.2, 0.25) is 0 Å². The van der Waals surface area contributed by atoms with E-state index >= 15 is 0 Å². The molecule has 0 saturated heterocycles. The van der Waals surface area contributed by atoms with Gasteiger partial charge < -0.3 is 31.3 Å². The first-order valence-corrected chi connectivity index (χ1v) is 4.72. The molecule has 17 heavy (non-hydrogen) atoms. The van der Waals surface area contributed by atoms with E-state index in [0.717, 1.165) is 0 Å². The maximum atomic E-state index is 11.1. The molecule has 0 spiro atoms. The van der Waals surface area contributed by atoms with Crippen LogP contribution in [0.1, 0.15) is 6.92 Å². The van der Waals surface area contributed by atoms with Crippen molar-refractivity contribution in [2.45, 2.75) is 19.1 Å². The molecule has 3 amide bonds. The summed E-state index contributed by atoms with van der Waals surface area (Å²) in [6.07, 6.45) is -2.21. The van der Waals surface area contributed by atoms with E-state index in [9.17, 15) is 14.4 Å². The molecule has 0 heterocycles. The molecule has 0 fully saturated rings. The van der Waals surface area contributed by atoms with Crippen molar-refractivity contribution in [1.29, 1.82) is 0 Å². The molecule has 0 bridgehead atoms. The maximum Gasteiger partial charge on any atom is 0.404 e. The van der Waals surface area contributed by atoms with E-state index in [1.807, 2.05) is 5.32 Å². The van der Waals surface area contributed by atoms with Crippen molar-refractivity contribution in [3.05, 3.63) is 0 Å². The zero-order valence-electron chi connectivity index (χ0n) is 9.17. The first-order chi connectivity index (χ1) is 7.84. The first kappa shape index (κ1) is 15.0. The Bertz CT molecular complexity index is 293. The van der Waals surface area contributed by atoms with Gasteiger partial charge in [-0.05, 0) is 6.92 Å². The van der Waals surface area contributed by atoms with Gasteiger partial charge in [-0.1, -0.05) is 0 Å². The smallest absolute Gasteiger partial charge is 0.404 e. The zero-order chi connectivity index (χ0) is 13.4. The van der Waals surface area contributed by atoms with Crippen molar-refractivity contribution < 1.29 is 29.3 Å². The van der Waals surface area contributed by atoms with Gasteiger partial charge in [0.25, 0.3) is 0 Å². The molecule has 6 N–H and O–H groups in total. The van der Waals surface area contributed by atoms with Gasteiger partial charge in [0, 0.05) is 0 Å². The molecule has 0 saturated carbocycles. The third kappa shape index (κ3) is 6.95. The van der Waals surface area contributed by atoms with E-state index in [1.54, 1.807) is 0 Å².